The van der Waals surface area contributed by atoms with Gasteiger partial charge < -0.3 is 0 Å². The number of Topliss-reactive ketones (excluding diaryl/α,β-unsaturated/α-hetero) is 1. The predicted octanol–water partition coefficient (Wildman–Crippen LogP) is 3.83. The molecule has 0 saturated carbocycles. The first-order valence-corrected chi connectivity index (χ1v) is 7.75. The average Bonchev–Trinajstić information content (AvgIpc) is 2.77. The molecule has 1 atom stereocenters. The maximum Gasteiger partial charge on any atom is 0.175 e. The van der Waals surface area contributed by atoms with E-state index in [4.69, 9.17) is 0 Å². The number of hydrogen-bond donors (Lipinski definition) is 0. The van der Waals surface area contributed by atoms with Crippen molar-refractivity contribution in [3.8, 4) is 0 Å². The van der Waals surface area contributed by atoms with Crippen molar-refractivity contribution in [2.24, 2.45) is 0 Å². The molecule has 0 bridgehead atoms. The van der Waals surface area contributed by atoms with Crippen LogP contribution in [0.25, 0.3) is 0 Å². The third-order valence-corrected chi connectivity index (χ3v) is 4.97. The third-order valence-electron chi connectivity index (χ3n) is 2.95. The molecule has 0 aliphatic rings. The molecule has 0 N–H and O–H groups in total. The van der Waals surface area contributed by atoms with Crippen molar-refractivity contribution in [2.75, 3.05) is 0 Å². The van der Waals surface area contributed by atoms with Crippen LogP contribution in [0.4, 0.5) is 0 Å². The van der Waals surface area contributed by atoms with Gasteiger partial charge in [0.2, 0.25) is 0 Å². The van der Waals surface area contributed by atoms with E-state index in [-0.39, 0.29) is 11.0 Å². The van der Waals surface area contributed by atoms with Gasteiger partial charge >= 0.3 is 0 Å². The van der Waals surface area contributed by atoms with Gasteiger partial charge in [0, 0.05) is 5.56 Å². The number of aromatic nitrogens is 2. The molecule has 2 rings (SSSR count). The smallest absolute Gasteiger partial charge is 0.175 e. The van der Waals surface area contributed by atoms with Gasteiger partial charge in [0.05, 0.1) is 5.25 Å². The Kier molecular flexibility index (Phi) is 4.37. The van der Waals surface area contributed by atoms with E-state index in [0.717, 1.165) is 20.5 Å². The Hall–Kier alpha value is -1.20. The van der Waals surface area contributed by atoms with Crippen LogP contribution >= 0.6 is 23.1 Å². The molecule has 0 amide bonds. The fraction of sp³-hybridized carbons (Fsp3) is 0.357. The van der Waals surface area contributed by atoms with Crippen molar-refractivity contribution < 1.29 is 4.79 Å². The monoisotopic (exact) mass is 292 g/mol. The lowest BCUT2D eigenvalue weighted by Gasteiger charge is -2.09. The largest absolute Gasteiger partial charge is 0.293 e. The van der Waals surface area contributed by atoms with Gasteiger partial charge in [-0.25, -0.2) is 0 Å². The zero-order chi connectivity index (χ0) is 14.0. The number of rotatable bonds is 4. The second-order valence-electron chi connectivity index (χ2n) is 4.51. The molecule has 1 heterocycles. The second-order valence-corrected chi connectivity index (χ2v) is 7.28. The molecule has 0 fully saturated rings. The summed E-state index contributed by atoms with van der Waals surface area (Å²) in [5.74, 6) is 0.140. The normalized spacial score (nSPS) is 12.4. The number of nitrogens with zero attached hydrogens (tertiary/aromatic N) is 2. The summed E-state index contributed by atoms with van der Waals surface area (Å²) in [5.41, 5.74) is 3.12. The van der Waals surface area contributed by atoms with Crippen LogP contribution < -0.4 is 0 Å². The van der Waals surface area contributed by atoms with Gasteiger partial charge in [-0.05, 0) is 44.9 Å². The molecule has 0 saturated heterocycles. The van der Waals surface area contributed by atoms with Crippen LogP contribution in [-0.4, -0.2) is 21.2 Å². The molecule has 19 heavy (non-hydrogen) atoms. The van der Waals surface area contributed by atoms with Crippen LogP contribution in [0.5, 0.6) is 0 Å². The summed E-state index contributed by atoms with van der Waals surface area (Å²) in [7, 11) is 0. The van der Waals surface area contributed by atoms with Crippen molar-refractivity contribution in [3.05, 3.63) is 39.9 Å². The number of aryl methyl sites for hydroxylation is 3. The maximum atomic E-state index is 12.4. The molecule has 2 aromatic rings. The van der Waals surface area contributed by atoms with E-state index in [0.29, 0.717) is 0 Å². The van der Waals surface area contributed by atoms with Gasteiger partial charge in [-0.3, -0.25) is 4.79 Å². The highest BCUT2D eigenvalue weighted by molar-refractivity contribution is 8.02. The molecule has 1 aromatic carbocycles. The second kappa shape index (κ2) is 5.84. The third kappa shape index (κ3) is 3.42. The van der Waals surface area contributed by atoms with E-state index in [2.05, 4.69) is 10.2 Å². The Bertz CT molecular complexity index is 607. The van der Waals surface area contributed by atoms with E-state index >= 15 is 0 Å². The minimum atomic E-state index is -0.144. The summed E-state index contributed by atoms with van der Waals surface area (Å²) in [6.45, 7) is 7.90. The van der Waals surface area contributed by atoms with E-state index in [9.17, 15) is 4.79 Å². The van der Waals surface area contributed by atoms with Crippen molar-refractivity contribution in [1.82, 2.24) is 10.2 Å². The topological polar surface area (TPSA) is 42.9 Å². The summed E-state index contributed by atoms with van der Waals surface area (Å²) in [6.07, 6.45) is 0. The minimum absolute atomic E-state index is 0.140. The highest BCUT2D eigenvalue weighted by Crippen LogP contribution is 2.28. The average molecular weight is 292 g/mol. The Morgan fingerprint density at radius 1 is 1.21 bits per heavy atom. The van der Waals surface area contributed by atoms with Gasteiger partial charge in [0.15, 0.2) is 10.1 Å². The molecule has 3 nitrogen and oxygen atoms in total. The summed E-state index contributed by atoms with van der Waals surface area (Å²) >= 11 is 3.00. The van der Waals surface area contributed by atoms with Gasteiger partial charge in [-0.15, -0.1) is 10.2 Å². The first-order valence-electron chi connectivity index (χ1n) is 6.05. The van der Waals surface area contributed by atoms with Crippen molar-refractivity contribution >= 4 is 28.9 Å². The highest BCUT2D eigenvalue weighted by Gasteiger charge is 2.18. The Morgan fingerprint density at radius 2 is 1.95 bits per heavy atom. The molecule has 0 aliphatic heterocycles. The molecule has 0 radical (unpaired) electrons. The number of benzene rings is 1. The summed E-state index contributed by atoms with van der Waals surface area (Å²) < 4.78 is 0.849. The Balaban J connectivity index is 2.12. The van der Waals surface area contributed by atoms with Crippen molar-refractivity contribution in [2.45, 2.75) is 37.3 Å². The highest BCUT2D eigenvalue weighted by atomic mass is 32.2. The fourth-order valence-corrected chi connectivity index (χ4v) is 3.70. The Labute approximate surface area is 121 Å². The summed E-state index contributed by atoms with van der Waals surface area (Å²) in [4.78, 5) is 12.4. The number of carbonyl (C=O) groups is 1. The van der Waals surface area contributed by atoms with Crippen LogP contribution in [0.15, 0.2) is 22.5 Å². The quantitative estimate of drug-likeness (QED) is 0.634. The van der Waals surface area contributed by atoms with Crippen LogP contribution in [-0.2, 0) is 0 Å². The number of thioether (sulfide) groups is 1. The predicted molar refractivity (Wildman–Crippen MR) is 80.2 cm³/mol. The molecule has 0 aliphatic carbocycles. The SMILES string of the molecule is Cc1nnc(SC(C)C(=O)c2ccc(C)c(C)c2)s1. The summed E-state index contributed by atoms with van der Waals surface area (Å²) in [5, 5.41) is 8.79. The van der Waals surface area contributed by atoms with E-state index in [1.165, 1.54) is 28.7 Å². The number of carbonyl (C=O) groups excluding carboxylic acids is 1. The number of hydrogen-bond acceptors (Lipinski definition) is 5. The van der Waals surface area contributed by atoms with E-state index < -0.39 is 0 Å². The zero-order valence-corrected chi connectivity index (χ0v) is 13.1. The maximum absolute atomic E-state index is 12.4. The van der Waals surface area contributed by atoms with E-state index in [1.807, 2.05) is 45.9 Å². The lowest BCUT2D eigenvalue weighted by Crippen LogP contribution is -2.13. The zero-order valence-electron chi connectivity index (χ0n) is 11.4. The minimum Gasteiger partial charge on any atom is -0.293 e. The van der Waals surface area contributed by atoms with Crippen molar-refractivity contribution in [3.63, 3.8) is 0 Å². The first-order chi connectivity index (χ1) is 8.97. The van der Waals surface area contributed by atoms with Crippen LogP contribution in [0.2, 0.25) is 0 Å². The van der Waals surface area contributed by atoms with Gasteiger partial charge in [-0.1, -0.05) is 35.2 Å². The molecule has 1 unspecified atom stereocenters. The molecule has 0 spiro atoms. The molecule has 100 valence electrons. The van der Waals surface area contributed by atoms with Gasteiger partial charge in [-0.2, -0.15) is 0 Å². The van der Waals surface area contributed by atoms with Gasteiger partial charge in [0.1, 0.15) is 5.01 Å². The van der Waals surface area contributed by atoms with Gasteiger partial charge in [0.25, 0.3) is 0 Å². The standard InChI is InChI=1S/C14H16N2OS2/c1-8-5-6-12(7-9(8)2)13(17)10(3)18-14-16-15-11(4)19-14/h5-7,10H,1-4H3. The first kappa shape index (κ1) is 14.2. The summed E-state index contributed by atoms with van der Waals surface area (Å²) in [6, 6.07) is 5.85. The van der Waals surface area contributed by atoms with Crippen LogP contribution in [0.1, 0.15) is 33.4 Å². The lowest BCUT2D eigenvalue weighted by atomic mass is 10.0. The lowest BCUT2D eigenvalue weighted by molar-refractivity contribution is 0.0994. The van der Waals surface area contributed by atoms with E-state index in [1.54, 1.807) is 0 Å². The van der Waals surface area contributed by atoms with Crippen LogP contribution in [0, 0.1) is 20.8 Å². The molecular weight excluding hydrogens is 276 g/mol. The number of ketones is 1. The van der Waals surface area contributed by atoms with Crippen LogP contribution in [0.3, 0.4) is 0 Å². The molecule has 1 aromatic heterocycles. The fourth-order valence-electron chi connectivity index (χ4n) is 1.66. The Morgan fingerprint density at radius 3 is 2.53 bits per heavy atom. The van der Waals surface area contributed by atoms with Crippen molar-refractivity contribution in [1.29, 1.82) is 0 Å². The molecule has 5 heteroatoms. The molecular formula is C14H16N2OS2.